The average molecular weight is 250 g/mol. The molecule has 2 N–H and O–H groups in total. The molecule has 0 aliphatic carbocycles. The zero-order valence-electron chi connectivity index (χ0n) is 10.6. The minimum absolute atomic E-state index is 0.645. The van der Waals surface area contributed by atoms with Crippen LogP contribution in [0.1, 0.15) is 0 Å². The van der Waals surface area contributed by atoms with E-state index >= 15 is 0 Å². The van der Waals surface area contributed by atoms with E-state index in [0.717, 1.165) is 22.4 Å². The maximum absolute atomic E-state index is 6.15. The molecule has 19 heavy (non-hydrogen) atoms. The van der Waals surface area contributed by atoms with E-state index in [0.29, 0.717) is 5.82 Å². The summed E-state index contributed by atoms with van der Waals surface area (Å²) in [6, 6.07) is 13.9. The third-order valence-corrected chi connectivity index (χ3v) is 3.09. The summed E-state index contributed by atoms with van der Waals surface area (Å²) in [5, 5.41) is 4.52. The van der Waals surface area contributed by atoms with Crippen LogP contribution in [-0.4, -0.2) is 14.8 Å². The summed E-state index contributed by atoms with van der Waals surface area (Å²) < 4.78 is 1.70. The van der Waals surface area contributed by atoms with Crippen molar-refractivity contribution in [2.24, 2.45) is 7.05 Å². The van der Waals surface area contributed by atoms with Crippen LogP contribution in [0.25, 0.3) is 22.4 Å². The number of nitrogens with two attached hydrogens (primary N) is 1. The predicted molar refractivity (Wildman–Crippen MR) is 76.3 cm³/mol. The van der Waals surface area contributed by atoms with Gasteiger partial charge in [0.1, 0.15) is 11.5 Å². The van der Waals surface area contributed by atoms with Crippen molar-refractivity contribution < 1.29 is 0 Å². The minimum Gasteiger partial charge on any atom is -0.383 e. The Bertz CT molecular complexity index is 687. The van der Waals surface area contributed by atoms with Crippen LogP contribution in [0.5, 0.6) is 0 Å². The van der Waals surface area contributed by atoms with Crippen molar-refractivity contribution in [3.05, 3.63) is 54.9 Å². The van der Waals surface area contributed by atoms with Gasteiger partial charge in [-0.05, 0) is 6.07 Å². The van der Waals surface area contributed by atoms with E-state index in [-0.39, 0.29) is 0 Å². The third-order valence-electron chi connectivity index (χ3n) is 3.09. The van der Waals surface area contributed by atoms with Crippen molar-refractivity contribution >= 4 is 5.82 Å². The van der Waals surface area contributed by atoms with Crippen molar-refractivity contribution in [2.45, 2.75) is 0 Å². The number of aromatic nitrogens is 3. The van der Waals surface area contributed by atoms with Crippen LogP contribution in [-0.2, 0) is 7.05 Å². The van der Waals surface area contributed by atoms with Crippen LogP contribution >= 0.6 is 0 Å². The van der Waals surface area contributed by atoms with Gasteiger partial charge < -0.3 is 5.73 Å². The van der Waals surface area contributed by atoms with Crippen LogP contribution in [0.15, 0.2) is 54.9 Å². The van der Waals surface area contributed by atoms with Crippen LogP contribution in [0, 0.1) is 0 Å². The highest BCUT2D eigenvalue weighted by Gasteiger charge is 2.16. The number of hydrogen-bond donors (Lipinski definition) is 1. The lowest BCUT2D eigenvalue weighted by atomic mass is 10.0. The van der Waals surface area contributed by atoms with Crippen molar-refractivity contribution in [1.82, 2.24) is 14.8 Å². The fourth-order valence-electron chi connectivity index (χ4n) is 2.13. The predicted octanol–water partition coefficient (Wildman–Crippen LogP) is 2.73. The van der Waals surface area contributed by atoms with E-state index < -0.39 is 0 Å². The van der Waals surface area contributed by atoms with Crippen molar-refractivity contribution in [3.8, 4) is 22.4 Å². The number of anilines is 1. The summed E-state index contributed by atoms with van der Waals surface area (Å²) >= 11 is 0. The summed E-state index contributed by atoms with van der Waals surface area (Å²) in [7, 11) is 1.85. The zero-order valence-corrected chi connectivity index (χ0v) is 10.6. The number of nitrogens with zero attached hydrogens (tertiary/aromatic N) is 3. The molecule has 1 aromatic carbocycles. The molecule has 0 bridgehead atoms. The molecule has 0 radical (unpaired) electrons. The molecule has 0 aliphatic rings. The number of nitrogen functional groups attached to an aromatic ring is 1. The Morgan fingerprint density at radius 1 is 1.00 bits per heavy atom. The fraction of sp³-hybridized carbons (Fsp3) is 0.0667. The van der Waals surface area contributed by atoms with Gasteiger partial charge >= 0.3 is 0 Å². The molecule has 4 nitrogen and oxygen atoms in total. The summed E-state index contributed by atoms with van der Waals surface area (Å²) in [5.74, 6) is 0.645. The molecule has 0 atom stereocenters. The Morgan fingerprint density at radius 2 is 1.74 bits per heavy atom. The number of rotatable bonds is 2. The van der Waals surface area contributed by atoms with Crippen molar-refractivity contribution in [1.29, 1.82) is 0 Å². The van der Waals surface area contributed by atoms with Gasteiger partial charge in [-0.1, -0.05) is 36.4 Å². The highest BCUT2D eigenvalue weighted by molar-refractivity contribution is 5.87. The number of aryl methyl sites for hydroxylation is 1. The quantitative estimate of drug-likeness (QED) is 0.760. The molecule has 2 heterocycles. The number of benzene rings is 1. The molecular formula is C15H14N4. The Kier molecular flexibility index (Phi) is 2.76. The average Bonchev–Trinajstić information content (AvgIpc) is 2.77. The second kappa shape index (κ2) is 4.57. The maximum Gasteiger partial charge on any atom is 0.129 e. The third kappa shape index (κ3) is 1.97. The Morgan fingerprint density at radius 3 is 2.42 bits per heavy atom. The molecule has 0 aliphatic heterocycles. The van der Waals surface area contributed by atoms with E-state index in [1.165, 1.54) is 0 Å². The lowest BCUT2D eigenvalue weighted by molar-refractivity contribution is 0.782. The number of hydrogen-bond acceptors (Lipinski definition) is 3. The Hall–Kier alpha value is -2.62. The van der Waals surface area contributed by atoms with E-state index in [9.17, 15) is 0 Å². The van der Waals surface area contributed by atoms with Gasteiger partial charge in [0.2, 0.25) is 0 Å². The second-order valence-corrected chi connectivity index (χ2v) is 4.34. The molecule has 0 spiro atoms. The summed E-state index contributed by atoms with van der Waals surface area (Å²) in [6.07, 6.45) is 3.55. The molecule has 0 saturated heterocycles. The molecule has 3 aromatic rings. The smallest absolute Gasteiger partial charge is 0.129 e. The fourth-order valence-corrected chi connectivity index (χ4v) is 2.13. The van der Waals surface area contributed by atoms with Crippen molar-refractivity contribution in [3.63, 3.8) is 0 Å². The first kappa shape index (κ1) is 11.5. The molecule has 0 amide bonds. The lowest BCUT2D eigenvalue weighted by Gasteiger charge is -2.03. The van der Waals surface area contributed by atoms with Gasteiger partial charge in [0.25, 0.3) is 0 Å². The molecular weight excluding hydrogens is 236 g/mol. The van der Waals surface area contributed by atoms with Gasteiger partial charge in [0.15, 0.2) is 0 Å². The van der Waals surface area contributed by atoms with E-state index in [4.69, 9.17) is 5.73 Å². The van der Waals surface area contributed by atoms with E-state index in [1.54, 1.807) is 17.1 Å². The first-order chi connectivity index (χ1) is 9.27. The van der Waals surface area contributed by atoms with Crippen LogP contribution in [0.3, 0.4) is 0 Å². The van der Waals surface area contributed by atoms with Gasteiger partial charge in [-0.15, -0.1) is 0 Å². The summed E-state index contributed by atoms with van der Waals surface area (Å²) in [6.45, 7) is 0. The molecule has 0 unspecified atom stereocenters. The zero-order chi connectivity index (χ0) is 13.2. The van der Waals surface area contributed by atoms with Crippen LogP contribution in [0.2, 0.25) is 0 Å². The first-order valence-electron chi connectivity index (χ1n) is 6.05. The lowest BCUT2D eigenvalue weighted by Crippen LogP contribution is -1.98. The molecule has 0 fully saturated rings. The van der Waals surface area contributed by atoms with Crippen LogP contribution < -0.4 is 5.73 Å². The molecule has 3 rings (SSSR count). The SMILES string of the molecule is Cn1nc(-c2ccccc2)c(-c2cccnc2)c1N. The Labute approximate surface area is 111 Å². The molecule has 0 saturated carbocycles. The standard InChI is InChI=1S/C15H14N4/c1-19-15(16)13(12-8-5-9-17-10-12)14(18-19)11-6-3-2-4-7-11/h2-10H,16H2,1H3. The monoisotopic (exact) mass is 250 g/mol. The van der Waals surface area contributed by atoms with Crippen molar-refractivity contribution in [2.75, 3.05) is 5.73 Å². The highest BCUT2D eigenvalue weighted by Crippen LogP contribution is 2.35. The highest BCUT2D eigenvalue weighted by atomic mass is 15.3. The maximum atomic E-state index is 6.15. The van der Waals surface area contributed by atoms with E-state index in [1.807, 2.05) is 49.5 Å². The summed E-state index contributed by atoms with van der Waals surface area (Å²) in [5.41, 5.74) is 9.99. The largest absolute Gasteiger partial charge is 0.383 e. The van der Waals surface area contributed by atoms with Gasteiger partial charge in [-0.3, -0.25) is 9.67 Å². The first-order valence-corrected chi connectivity index (χ1v) is 6.05. The van der Waals surface area contributed by atoms with E-state index in [2.05, 4.69) is 10.1 Å². The molecule has 94 valence electrons. The molecule has 4 heteroatoms. The summed E-state index contributed by atoms with van der Waals surface area (Å²) in [4.78, 5) is 4.15. The van der Waals surface area contributed by atoms with Gasteiger partial charge in [-0.25, -0.2) is 0 Å². The second-order valence-electron chi connectivity index (χ2n) is 4.34. The normalized spacial score (nSPS) is 10.6. The Balaban J connectivity index is 2.25. The number of pyridine rings is 1. The van der Waals surface area contributed by atoms with Gasteiger partial charge in [-0.2, -0.15) is 5.10 Å². The topological polar surface area (TPSA) is 56.7 Å². The van der Waals surface area contributed by atoms with Gasteiger partial charge in [0, 0.05) is 30.6 Å². The minimum atomic E-state index is 0.645. The van der Waals surface area contributed by atoms with Crippen LogP contribution in [0.4, 0.5) is 5.82 Å². The van der Waals surface area contributed by atoms with Gasteiger partial charge in [0.05, 0.1) is 5.56 Å². The molecule has 2 aromatic heterocycles.